The van der Waals surface area contributed by atoms with Crippen molar-refractivity contribution in [1.82, 2.24) is 0 Å². The molecule has 3 N–H and O–H groups in total. The van der Waals surface area contributed by atoms with Crippen molar-refractivity contribution in [3.8, 4) is 0 Å². The Balaban J connectivity index is -0.000000134. The molecule has 152 valence electrons. The van der Waals surface area contributed by atoms with Gasteiger partial charge in [0.15, 0.2) is 0 Å². The second-order valence-electron chi connectivity index (χ2n) is 4.76. The van der Waals surface area contributed by atoms with Crippen LogP contribution in [0.3, 0.4) is 0 Å². The zero-order valence-corrected chi connectivity index (χ0v) is 19.2. The second-order valence-corrected chi connectivity index (χ2v) is 9.04. The zero-order chi connectivity index (χ0) is 21.4. The van der Waals surface area contributed by atoms with Crippen LogP contribution >= 0.6 is 0 Å². The van der Waals surface area contributed by atoms with Gasteiger partial charge in [0.1, 0.15) is 0 Å². The summed E-state index contributed by atoms with van der Waals surface area (Å²) in [7, 11) is 0. The van der Waals surface area contributed by atoms with Gasteiger partial charge in [-0.3, -0.25) is 9.59 Å². The van der Waals surface area contributed by atoms with E-state index in [1.807, 2.05) is 0 Å². The summed E-state index contributed by atoms with van der Waals surface area (Å²) in [4.78, 5) is 28.2. The summed E-state index contributed by atoms with van der Waals surface area (Å²) in [5, 5.41) is 23.4. The molecule has 0 amide bonds. The summed E-state index contributed by atoms with van der Waals surface area (Å²) in [6, 6.07) is 0. The molecule has 0 fully saturated rings. The first-order valence-corrected chi connectivity index (χ1v) is 12.4. The number of esters is 1. The van der Waals surface area contributed by atoms with E-state index in [1.165, 1.54) is 25.7 Å². The number of carboxylic acids is 2. The van der Waals surface area contributed by atoms with Crippen molar-refractivity contribution >= 4 is 39.1 Å². The molecule has 0 bridgehead atoms. The number of hydrogen-bond donors (Lipinski definition) is 3. The molecule has 0 aliphatic heterocycles. The van der Waals surface area contributed by atoms with Crippen LogP contribution in [0, 0.1) is 0 Å². The van der Waals surface area contributed by atoms with Gasteiger partial charge in [0.05, 0.1) is 0 Å². The molecule has 0 saturated heterocycles. The molecule has 0 spiro atoms. The molecule has 8 heteroatoms. The summed E-state index contributed by atoms with van der Waals surface area (Å²) >= 11 is 0.149. The maximum absolute atomic E-state index is 10.2. The van der Waals surface area contributed by atoms with Crippen molar-refractivity contribution < 1.29 is 34.4 Å². The van der Waals surface area contributed by atoms with E-state index in [2.05, 4.69) is 31.7 Å². The van der Waals surface area contributed by atoms with Crippen molar-refractivity contribution in [2.45, 2.75) is 68.5 Å². The maximum atomic E-state index is 10.2. The third-order valence-electron chi connectivity index (χ3n) is 2.02. The van der Waals surface area contributed by atoms with Crippen LogP contribution in [0.15, 0.2) is 25.3 Å². The topological polar surface area (TPSA) is 121 Å². The number of carbonyl (C=O) groups is 3. The first-order chi connectivity index (χ1) is 12.1. The van der Waals surface area contributed by atoms with Gasteiger partial charge in [-0.25, -0.2) is 4.79 Å². The molecule has 0 aromatic rings. The standard InChI is InChI=1S/C6H8O3.2C4H9.2C2H4O2.Sn/c1-3-5(7)9-6(8)4-2;2*1-3-4-2;2*1-2(3)4;/h3-5,7H,1-2H2;2*1,3-4H2,2H3;2*1H3,(H,3,4);. The fraction of sp³-hybridized carbons (Fsp3) is 0.611. The molecule has 7 nitrogen and oxygen atoms in total. The predicted octanol–water partition coefficient (Wildman–Crippen LogP) is 3.53. The van der Waals surface area contributed by atoms with Crippen LogP contribution in [0.4, 0.5) is 0 Å². The molecule has 0 aliphatic rings. The van der Waals surface area contributed by atoms with Crippen LogP contribution in [-0.2, 0) is 19.1 Å². The minimum absolute atomic E-state index is 0.149. The Morgan fingerprint density at radius 1 is 1.00 bits per heavy atom. The number of carboxylic acid groups (broad SMARTS) is 2. The Morgan fingerprint density at radius 3 is 1.58 bits per heavy atom. The summed E-state index contributed by atoms with van der Waals surface area (Å²) in [6.45, 7) is 13.1. The third kappa shape index (κ3) is 66.3. The number of aliphatic hydroxyl groups excluding tert-OH is 1. The Labute approximate surface area is 167 Å². The Kier molecular flexibility index (Phi) is 35.4. The number of rotatable bonds is 9. The van der Waals surface area contributed by atoms with Crippen LogP contribution in [0.5, 0.6) is 0 Å². The van der Waals surface area contributed by atoms with Crippen LogP contribution in [0.25, 0.3) is 0 Å². The van der Waals surface area contributed by atoms with Gasteiger partial charge in [0, 0.05) is 19.9 Å². The molecule has 0 saturated carbocycles. The van der Waals surface area contributed by atoms with Gasteiger partial charge in [-0.05, 0) is 6.08 Å². The Morgan fingerprint density at radius 2 is 1.35 bits per heavy atom. The van der Waals surface area contributed by atoms with Crippen molar-refractivity contribution in [2.24, 2.45) is 0 Å². The van der Waals surface area contributed by atoms with Crippen molar-refractivity contribution in [1.29, 1.82) is 0 Å². The number of unbranched alkanes of at least 4 members (excludes halogenated alkanes) is 2. The molecule has 2 radical (unpaired) electrons. The molecular weight excluding hydrogens is 447 g/mol. The summed E-state index contributed by atoms with van der Waals surface area (Å²) in [6.07, 6.45) is 6.68. The molecule has 0 rings (SSSR count). The summed E-state index contributed by atoms with van der Waals surface area (Å²) in [5.74, 6) is -2.33. The molecular formula is C18H34O7Sn. The number of carbonyl (C=O) groups excluding carboxylic acids is 1. The van der Waals surface area contributed by atoms with Crippen LogP contribution in [-0.4, -0.2) is 60.7 Å². The monoisotopic (exact) mass is 482 g/mol. The normalized spacial score (nSPS) is 9.42. The van der Waals surface area contributed by atoms with Gasteiger partial charge in [-0.15, -0.1) is 0 Å². The van der Waals surface area contributed by atoms with E-state index in [0.29, 0.717) is 0 Å². The molecule has 1 unspecified atom stereocenters. The van der Waals surface area contributed by atoms with E-state index in [4.69, 9.17) is 24.9 Å². The van der Waals surface area contributed by atoms with Gasteiger partial charge >= 0.3 is 75.5 Å². The average molecular weight is 481 g/mol. The van der Waals surface area contributed by atoms with Crippen molar-refractivity contribution in [3.05, 3.63) is 25.3 Å². The Bertz CT molecular complexity index is 345. The van der Waals surface area contributed by atoms with Crippen molar-refractivity contribution in [2.75, 3.05) is 0 Å². The van der Waals surface area contributed by atoms with E-state index in [0.717, 1.165) is 26.0 Å². The Hall–Kier alpha value is -1.35. The first kappa shape index (κ1) is 32.3. The van der Waals surface area contributed by atoms with Crippen LogP contribution < -0.4 is 0 Å². The number of ether oxygens (including phenoxy) is 1. The van der Waals surface area contributed by atoms with E-state index in [9.17, 15) is 4.79 Å². The fourth-order valence-electron chi connectivity index (χ4n) is 0.944. The molecule has 26 heavy (non-hydrogen) atoms. The first-order valence-electron chi connectivity index (χ1n) is 8.32. The van der Waals surface area contributed by atoms with Gasteiger partial charge in [-0.1, -0.05) is 13.2 Å². The molecule has 0 aromatic carbocycles. The molecule has 0 heterocycles. The number of aliphatic carboxylic acids is 2. The number of hydrogen-bond acceptors (Lipinski definition) is 5. The van der Waals surface area contributed by atoms with Crippen LogP contribution in [0.1, 0.15) is 53.4 Å². The zero-order valence-electron chi connectivity index (χ0n) is 16.4. The van der Waals surface area contributed by atoms with E-state index in [1.54, 1.807) is 8.87 Å². The van der Waals surface area contributed by atoms with Gasteiger partial charge in [-0.2, -0.15) is 0 Å². The minimum atomic E-state index is -1.23. The molecule has 0 aromatic heterocycles. The second kappa shape index (κ2) is 28.5. The van der Waals surface area contributed by atoms with Gasteiger partial charge in [0.25, 0.3) is 11.9 Å². The predicted molar refractivity (Wildman–Crippen MR) is 104 cm³/mol. The van der Waals surface area contributed by atoms with Gasteiger partial charge < -0.3 is 20.1 Å². The van der Waals surface area contributed by atoms with Crippen LogP contribution in [0.2, 0.25) is 8.87 Å². The molecule has 1 atom stereocenters. The van der Waals surface area contributed by atoms with Crippen molar-refractivity contribution in [3.63, 3.8) is 0 Å². The van der Waals surface area contributed by atoms with E-state index in [-0.39, 0.29) is 21.1 Å². The fourth-order valence-corrected chi connectivity index (χ4v) is 5.10. The average Bonchev–Trinajstić information content (AvgIpc) is 2.54. The van der Waals surface area contributed by atoms with E-state index >= 15 is 0 Å². The van der Waals surface area contributed by atoms with Gasteiger partial charge in [0.2, 0.25) is 6.29 Å². The molecule has 0 aliphatic carbocycles. The summed E-state index contributed by atoms with van der Waals surface area (Å²) < 4.78 is 7.48. The third-order valence-corrected chi connectivity index (χ3v) is 6.06. The van der Waals surface area contributed by atoms with E-state index < -0.39 is 24.2 Å². The quantitative estimate of drug-likeness (QED) is 0.115. The summed E-state index contributed by atoms with van der Waals surface area (Å²) in [5.41, 5.74) is 0. The number of aliphatic hydroxyl groups is 1. The SMILES string of the molecule is C=CC(=O)OC(O)C=C.CC(=O)O.CC(=O)O.CCC[CH2][Sn][CH2]CCC.